The number of nitrogens with two attached hydrogens (primary N) is 1. The first-order valence-corrected chi connectivity index (χ1v) is 10.1. The zero-order valence-electron chi connectivity index (χ0n) is 17.1. The van der Waals surface area contributed by atoms with Crippen molar-refractivity contribution >= 4 is 40.7 Å². The normalized spacial score (nSPS) is 18.0. The number of benzene rings is 1. The molecule has 28 heavy (non-hydrogen) atoms. The number of nitrogens with one attached hydrogen (secondary N) is 2. The van der Waals surface area contributed by atoms with Crippen molar-refractivity contribution in [2.75, 3.05) is 25.0 Å². The van der Waals surface area contributed by atoms with E-state index >= 15 is 0 Å². The van der Waals surface area contributed by atoms with Crippen molar-refractivity contribution in [1.29, 1.82) is 0 Å². The Morgan fingerprint density at radius 1 is 1.39 bits per heavy atom. The zero-order chi connectivity index (χ0) is 21.1. The van der Waals surface area contributed by atoms with Crippen LogP contribution in [0.2, 0.25) is 5.02 Å². The third kappa shape index (κ3) is 6.20. The highest BCUT2D eigenvalue weighted by molar-refractivity contribution is 7.80. The summed E-state index contributed by atoms with van der Waals surface area (Å²) in [6, 6.07) is 3.86. The van der Waals surface area contributed by atoms with Gasteiger partial charge >= 0.3 is 6.09 Å². The van der Waals surface area contributed by atoms with Crippen molar-refractivity contribution in [3.8, 4) is 0 Å². The minimum Gasteiger partial charge on any atom is -0.444 e. The fourth-order valence-corrected chi connectivity index (χ4v) is 3.55. The number of amides is 1. The van der Waals surface area contributed by atoms with E-state index in [1.54, 1.807) is 4.90 Å². The lowest BCUT2D eigenvalue weighted by molar-refractivity contribution is 0.000542. The van der Waals surface area contributed by atoms with Crippen LogP contribution in [0, 0.1) is 6.92 Å². The molecule has 2 rings (SSSR count). The van der Waals surface area contributed by atoms with E-state index in [1.807, 2.05) is 46.8 Å². The Kier molecular flexibility index (Phi) is 7.50. The van der Waals surface area contributed by atoms with E-state index in [-0.39, 0.29) is 12.1 Å². The predicted molar refractivity (Wildman–Crippen MR) is 117 cm³/mol. The van der Waals surface area contributed by atoms with Crippen molar-refractivity contribution in [2.45, 2.75) is 52.8 Å². The van der Waals surface area contributed by atoms with Crippen molar-refractivity contribution in [3.63, 3.8) is 0 Å². The van der Waals surface area contributed by atoms with Gasteiger partial charge in [0.1, 0.15) is 5.60 Å². The molecule has 0 saturated carbocycles. The molecule has 9 heteroatoms. The summed E-state index contributed by atoms with van der Waals surface area (Å²) >= 11 is 11.4. The Morgan fingerprint density at radius 3 is 2.64 bits per heavy atom. The third-order valence-electron chi connectivity index (χ3n) is 4.59. The van der Waals surface area contributed by atoms with Crippen molar-refractivity contribution in [3.05, 3.63) is 28.3 Å². The molecule has 0 aromatic heterocycles. The monoisotopic (exact) mass is 427 g/mol. The predicted octanol–water partition coefficient (Wildman–Crippen LogP) is 3.25. The maximum Gasteiger partial charge on any atom is 0.410 e. The highest BCUT2D eigenvalue weighted by atomic mass is 35.5. The van der Waals surface area contributed by atoms with Crippen LogP contribution in [0.5, 0.6) is 0 Å². The molecule has 156 valence electrons. The fourth-order valence-electron chi connectivity index (χ4n) is 3.20. The van der Waals surface area contributed by atoms with E-state index in [1.165, 1.54) is 0 Å². The maximum atomic E-state index is 12.4. The van der Waals surface area contributed by atoms with E-state index in [4.69, 9.17) is 34.4 Å². The summed E-state index contributed by atoms with van der Waals surface area (Å²) in [6.45, 7) is 12.6. The Labute approximate surface area is 177 Å². The Balaban J connectivity index is 2.06. The first-order chi connectivity index (χ1) is 13.0. The van der Waals surface area contributed by atoms with E-state index in [0.29, 0.717) is 16.7 Å². The van der Waals surface area contributed by atoms with Crippen LogP contribution >= 0.6 is 23.8 Å². The molecule has 0 unspecified atom stereocenters. The summed E-state index contributed by atoms with van der Waals surface area (Å²) in [6.07, 6.45) is -0.257. The van der Waals surface area contributed by atoms with Gasteiger partial charge in [0, 0.05) is 42.9 Å². The summed E-state index contributed by atoms with van der Waals surface area (Å²) in [5.74, 6) is 5.35. The minimum absolute atomic E-state index is 0.0645. The molecule has 0 aliphatic carbocycles. The zero-order valence-corrected chi connectivity index (χ0v) is 18.7. The van der Waals surface area contributed by atoms with E-state index in [0.717, 1.165) is 36.4 Å². The summed E-state index contributed by atoms with van der Waals surface area (Å²) in [5, 5.41) is 4.01. The Hall–Kier alpha value is -1.61. The number of carbonyl (C=O) groups is 1. The van der Waals surface area contributed by atoms with Gasteiger partial charge in [0.05, 0.1) is 0 Å². The van der Waals surface area contributed by atoms with Gasteiger partial charge in [-0.1, -0.05) is 11.6 Å². The second-order valence-corrected chi connectivity index (χ2v) is 8.94. The number of nitrogens with zero attached hydrogens (tertiary/aromatic N) is 2. The molecule has 7 nitrogen and oxygen atoms in total. The molecule has 1 saturated heterocycles. The van der Waals surface area contributed by atoms with Gasteiger partial charge in [-0.2, -0.15) is 0 Å². The van der Waals surface area contributed by atoms with Gasteiger partial charge in [-0.25, -0.2) is 10.6 Å². The molecule has 1 heterocycles. The number of rotatable bonds is 3. The number of ether oxygens (including phenoxy) is 1. The summed E-state index contributed by atoms with van der Waals surface area (Å²) in [4.78, 5) is 16.5. The summed E-state index contributed by atoms with van der Waals surface area (Å²) in [7, 11) is 0. The number of hydrazine groups is 1. The van der Waals surface area contributed by atoms with Crippen LogP contribution in [-0.4, -0.2) is 52.3 Å². The largest absolute Gasteiger partial charge is 0.444 e. The smallest absolute Gasteiger partial charge is 0.410 e. The van der Waals surface area contributed by atoms with Crippen LogP contribution in [0.25, 0.3) is 0 Å². The average molecular weight is 428 g/mol. The molecule has 1 aromatic carbocycles. The number of hydrogen-bond donors (Lipinski definition) is 3. The number of halogens is 1. The first-order valence-electron chi connectivity index (χ1n) is 9.28. The lowest BCUT2D eigenvalue weighted by atomic mass is 10.0. The van der Waals surface area contributed by atoms with Crippen molar-refractivity contribution in [2.24, 2.45) is 5.84 Å². The van der Waals surface area contributed by atoms with Crippen LogP contribution in [0.15, 0.2) is 12.1 Å². The number of thiocarbonyl (C=S) groups is 1. The molecular weight excluding hydrogens is 398 g/mol. The van der Waals surface area contributed by atoms with Gasteiger partial charge in [-0.05, 0) is 70.1 Å². The van der Waals surface area contributed by atoms with E-state index in [2.05, 4.69) is 15.6 Å². The summed E-state index contributed by atoms with van der Waals surface area (Å²) in [5.41, 5.74) is 4.91. The van der Waals surface area contributed by atoms with Crippen molar-refractivity contribution in [1.82, 2.24) is 15.2 Å². The highest BCUT2D eigenvalue weighted by Crippen LogP contribution is 2.27. The topological polar surface area (TPSA) is 82.9 Å². The molecule has 1 aromatic rings. The molecule has 1 aliphatic rings. The van der Waals surface area contributed by atoms with E-state index < -0.39 is 5.60 Å². The average Bonchev–Trinajstić information content (AvgIpc) is 2.57. The molecular formula is C19H30ClN5O2S. The quantitative estimate of drug-likeness (QED) is 0.388. The van der Waals surface area contributed by atoms with Gasteiger partial charge in [0.15, 0.2) is 5.11 Å². The molecule has 0 radical (unpaired) electrons. The molecule has 0 spiro atoms. The molecule has 1 atom stereocenters. The number of carbonyl (C=O) groups excluding carboxylic acids is 1. The van der Waals surface area contributed by atoms with Gasteiger partial charge in [-0.3, -0.25) is 4.90 Å². The second kappa shape index (κ2) is 9.26. The molecule has 1 amide bonds. The van der Waals surface area contributed by atoms with Crippen LogP contribution < -0.4 is 16.6 Å². The number of anilines is 1. The third-order valence-corrected chi connectivity index (χ3v) is 5.03. The van der Waals surface area contributed by atoms with Crippen LogP contribution in [0.4, 0.5) is 10.5 Å². The lowest BCUT2D eigenvalue weighted by Gasteiger charge is -2.40. The van der Waals surface area contributed by atoms with Crippen molar-refractivity contribution < 1.29 is 9.53 Å². The highest BCUT2D eigenvalue weighted by Gasteiger charge is 2.31. The SMILES string of the molecule is Cc1c(CN2CCN(C(=O)OC(C)(C)C)[C@@H](C)C2)cc(Cl)cc1NC(=S)NN. The van der Waals surface area contributed by atoms with Gasteiger partial charge in [0.2, 0.25) is 0 Å². The standard InChI is InChI=1S/C19H30ClN5O2S/c1-12-10-24(6-7-25(12)18(26)27-19(3,4)5)11-14-8-15(20)9-16(13(14)2)22-17(28)23-21/h8-9,12H,6-7,10-11,21H2,1-5H3,(H2,22,23,28)/t12-/m0/s1. The second-order valence-electron chi connectivity index (χ2n) is 8.09. The van der Waals surface area contributed by atoms with E-state index in [9.17, 15) is 4.79 Å². The Morgan fingerprint density at radius 2 is 2.07 bits per heavy atom. The number of hydrogen-bond acceptors (Lipinski definition) is 5. The maximum absolute atomic E-state index is 12.4. The summed E-state index contributed by atoms with van der Waals surface area (Å²) < 4.78 is 5.51. The molecule has 1 aliphatic heterocycles. The number of piperazine rings is 1. The Bertz CT molecular complexity index is 738. The lowest BCUT2D eigenvalue weighted by Crippen LogP contribution is -2.54. The van der Waals surface area contributed by atoms with Gasteiger partial charge < -0.3 is 20.4 Å². The molecule has 0 bridgehead atoms. The fraction of sp³-hybridized carbons (Fsp3) is 0.579. The van der Waals surface area contributed by atoms with Crippen LogP contribution in [0.1, 0.15) is 38.8 Å². The van der Waals surface area contributed by atoms with Crippen LogP contribution in [-0.2, 0) is 11.3 Å². The molecule has 1 fully saturated rings. The molecule has 4 N–H and O–H groups in total. The first kappa shape index (κ1) is 22.7. The van der Waals surface area contributed by atoms with Crippen LogP contribution in [0.3, 0.4) is 0 Å². The van der Waals surface area contributed by atoms with Gasteiger partial charge in [0.25, 0.3) is 0 Å². The van der Waals surface area contributed by atoms with Gasteiger partial charge in [-0.15, -0.1) is 0 Å². The minimum atomic E-state index is -0.492.